The predicted molar refractivity (Wildman–Crippen MR) is 68.9 cm³/mol. The summed E-state index contributed by atoms with van der Waals surface area (Å²) < 4.78 is 0. The van der Waals surface area contributed by atoms with Gasteiger partial charge in [0.2, 0.25) is 0 Å². The van der Waals surface area contributed by atoms with Gasteiger partial charge in [-0.25, -0.2) is 0 Å². The highest BCUT2D eigenvalue weighted by atomic mass is 16.1. The highest BCUT2D eigenvalue weighted by molar-refractivity contribution is 5.78. The lowest BCUT2D eigenvalue weighted by molar-refractivity contribution is -0.119. The van der Waals surface area contributed by atoms with Crippen molar-refractivity contribution in [3.63, 3.8) is 0 Å². The minimum Gasteiger partial charge on any atom is -0.330 e. The summed E-state index contributed by atoms with van der Waals surface area (Å²) in [5, 5.41) is 0. The van der Waals surface area contributed by atoms with E-state index in [1.807, 2.05) is 0 Å². The quantitative estimate of drug-likeness (QED) is 0.643. The van der Waals surface area contributed by atoms with Crippen molar-refractivity contribution >= 4 is 5.78 Å². The van der Waals surface area contributed by atoms with E-state index in [4.69, 9.17) is 5.73 Å². The summed E-state index contributed by atoms with van der Waals surface area (Å²) in [5.74, 6) is 7.28. The summed E-state index contributed by atoms with van der Waals surface area (Å²) in [7, 11) is 0. The Morgan fingerprint density at radius 3 is 2.44 bits per heavy atom. The Morgan fingerprint density at radius 1 is 1.25 bits per heavy atom. The summed E-state index contributed by atoms with van der Waals surface area (Å²) in [6.45, 7) is 6.93. The van der Waals surface area contributed by atoms with Crippen LogP contribution in [0.5, 0.6) is 0 Å². The van der Waals surface area contributed by atoms with Crippen molar-refractivity contribution in [3.05, 3.63) is 0 Å². The van der Waals surface area contributed by atoms with Crippen molar-refractivity contribution in [2.45, 2.75) is 52.9 Å². The van der Waals surface area contributed by atoms with Crippen LogP contribution < -0.4 is 5.73 Å². The van der Waals surface area contributed by atoms with E-state index in [1.165, 1.54) is 0 Å². The van der Waals surface area contributed by atoms with Crippen molar-refractivity contribution in [3.8, 4) is 11.8 Å². The summed E-state index contributed by atoms with van der Waals surface area (Å²) in [6.07, 6.45) is 4.01. The van der Waals surface area contributed by atoms with E-state index in [2.05, 4.69) is 25.7 Å². The van der Waals surface area contributed by atoms with Crippen molar-refractivity contribution in [1.29, 1.82) is 0 Å². The molecule has 0 rings (SSSR count). The van der Waals surface area contributed by atoms with Gasteiger partial charge in [0.05, 0.1) is 0 Å². The maximum Gasteiger partial charge on any atom is 0.133 e. The number of Topliss-reactive ketones (excluding diaryl/α,β-unsaturated/α-hetero) is 1. The van der Waals surface area contributed by atoms with Gasteiger partial charge in [0, 0.05) is 19.3 Å². The maximum absolute atomic E-state index is 11.6. The number of hydrogen-bond donors (Lipinski definition) is 1. The number of carbonyl (C=O) groups is 1. The van der Waals surface area contributed by atoms with E-state index in [-0.39, 0.29) is 0 Å². The van der Waals surface area contributed by atoms with Crippen molar-refractivity contribution < 1.29 is 4.79 Å². The molecule has 2 nitrogen and oxygen atoms in total. The van der Waals surface area contributed by atoms with Crippen LogP contribution in [-0.2, 0) is 4.79 Å². The molecule has 2 heteroatoms. The molecule has 0 amide bonds. The summed E-state index contributed by atoms with van der Waals surface area (Å²) in [6, 6.07) is 0. The summed E-state index contributed by atoms with van der Waals surface area (Å²) in [4.78, 5) is 11.6. The molecule has 92 valence electrons. The van der Waals surface area contributed by atoms with Crippen LogP contribution in [-0.4, -0.2) is 12.3 Å². The molecule has 0 saturated heterocycles. The highest BCUT2D eigenvalue weighted by Gasteiger charge is 2.13. The zero-order valence-corrected chi connectivity index (χ0v) is 10.9. The third-order valence-electron chi connectivity index (χ3n) is 2.98. The number of carbonyl (C=O) groups excluding carboxylic acids is 1. The van der Waals surface area contributed by atoms with Gasteiger partial charge < -0.3 is 5.73 Å². The second-order valence-corrected chi connectivity index (χ2v) is 4.59. The molecule has 1 unspecified atom stereocenters. The molecule has 0 aromatic rings. The molecular formula is C14H25NO. The van der Waals surface area contributed by atoms with Gasteiger partial charge in [-0.15, -0.1) is 11.8 Å². The van der Waals surface area contributed by atoms with Gasteiger partial charge in [0.15, 0.2) is 0 Å². The van der Waals surface area contributed by atoms with Gasteiger partial charge in [-0.1, -0.05) is 13.8 Å². The van der Waals surface area contributed by atoms with Gasteiger partial charge in [0.25, 0.3) is 0 Å². The van der Waals surface area contributed by atoms with Gasteiger partial charge in [-0.05, 0) is 38.1 Å². The minimum absolute atomic E-state index is 0.338. The molecule has 0 bridgehead atoms. The zero-order valence-electron chi connectivity index (χ0n) is 10.9. The third-order valence-corrected chi connectivity index (χ3v) is 2.98. The van der Waals surface area contributed by atoms with Crippen molar-refractivity contribution in [2.24, 2.45) is 17.6 Å². The first kappa shape index (κ1) is 15.2. The molecule has 0 spiro atoms. The topological polar surface area (TPSA) is 43.1 Å². The first-order valence-corrected chi connectivity index (χ1v) is 6.23. The first-order valence-electron chi connectivity index (χ1n) is 6.23. The van der Waals surface area contributed by atoms with Crippen molar-refractivity contribution in [2.75, 3.05) is 6.54 Å². The normalized spacial score (nSPS) is 12.1. The molecule has 0 aromatic carbocycles. The Hall–Kier alpha value is -0.810. The standard InChI is InChI=1S/C14H25NO/c1-4-5-6-7-14(16)9-8-13(10-11-15)12(2)3/h12-13H,6-11,15H2,1-3H3. The van der Waals surface area contributed by atoms with E-state index in [9.17, 15) is 4.79 Å². The van der Waals surface area contributed by atoms with Gasteiger partial charge in [0.1, 0.15) is 5.78 Å². The number of ketones is 1. The van der Waals surface area contributed by atoms with E-state index < -0.39 is 0 Å². The molecule has 0 saturated carbocycles. The van der Waals surface area contributed by atoms with E-state index in [1.54, 1.807) is 6.92 Å². The lowest BCUT2D eigenvalue weighted by Gasteiger charge is -2.19. The molecule has 1 atom stereocenters. The lowest BCUT2D eigenvalue weighted by atomic mass is 9.87. The summed E-state index contributed by atoms with van der Waals surface area (Å²) in [5.41, 5.74) is 5.57. The summed E-state index contributed by atoms with van der Waals surface area (Å²) >= 11 is 0. The maximum atomic E-state index is 11.6. The van der Waals surface area contributed by atoms with Crippen LogP contribution in [0.25, 0.3) is 0 Å². The fourth-order valence-corrected chi connectivity index (χ4v) is 1.82. The van der Waals surface area contributed by atoms with Crippen LogP contribution in [0.4, 0.5) is 0 Å². The average molecular weight is 223 g/mol. The van der Waals surface area contributed by atoms with Crippen LogP contribution in [0.1, 0.15) is 52.9 Å². The van der Waals surface area contributed by atoms with E-state index in [0.717, 1.165) is 19.4 Å². The fourth-order valence-electron chi connectivity index (χ4n) is 1.82. The molecule has 2 N–H and O–H groups in total. The fraction of sp³-hybridized carbons (Fsp3) is 0.786. The number of rotatable bonds is 8. The smallest absolute Gasteiger partial charge is 0.133 e. The number of hydrogen-bond acceptors (Lipinski definition) is 2. The van der Waals surface area contributed by atoms with Crippen LogP contribution in [0, 0.1) is 23.7 Å². The molecule has 0 heterocycles. The minimum atomic E-state index is 0.338. The molecule has 0 aliphatic heterocycles. The molecule has 0 aromatic heterocycles. The monoisotopic (exact) mass is 223 g/mol. The Morgan fingerprint density at radius 2 is 1.94 bits per heavy atom. The predicted octanol–water partition coefficient (Wildman–Crippen LogP) is 2.76. The van der Waals surface area contributed by atoms with Gasteiger partial charge in [-0.2, -0.15) is 0 Å². The van der Waals surface area contributed by atoms with Gasteiger partial charge >= 0.3 is 0 Å². The lowest BCUT2D eigenvalue weighted by Crippen LogP contribution is -2.15. The molecule has 0 aliphatic rings. The zero-order chi connectivity index (χ0) is 12.4. The molecule has 16 heavy (non-hydrogen) atoms. The van der Waals surface area contributed by atoms with Gasteiger partial charge in [-0.3, -0.25) is 4.79 Å². The highest BCUT2D eigenvalue weighted by Crippen LogP contribution is 2.20. The Kier molecular flexibility index (Phi) is 8.94. The third kappa shape index (κ3) is 7.48. The van der Waals surface area contributed by atoms with E-state index in [0.29, 0.717) is 36.9 Å². The second-order valence-electron chi connectivity index (χ2n) is 4.59. The van der Waals surface area contributed by atoms with Crippen molar-refractivity contribution in [1.82, 2.24) is 0 Å². The molecule has 0 fully saturated rings. The van der Waals surface area contributed by atoms with Crippen LogP contribution in [0.15, 0.2) is 0 Å². The van der Waals surface area contributed by atoms with E-state index >= 15 is 0 Å². The SMILES string of the molecule is CC#CCCC(=O)CCC(CCN)C(C)C. The Bertz CT molecular complexity index is 247. The first-order chi connectivity index (χ1) is 7.61. The Balaban J connectivity index is 3.80. The van der Waals surface area contributed by atoms with Crippen LogP contribution in [0.2, 0.25) is 0 Å². The molecular weight excluding hydrogens is 198 g/mol. The number of nitrogens with two attached hydrogens (primary N) is 1. The largest absolute Gasteiger partial charge is 0.330 e. The van der Waals surface area contributed by atoms with Crippen LogP contribution in [0.3, 0.4) is 0 Å². The average Bonchev–Trinajstić information content (AvgIpc) is 2.24. The second kappa shape index (κ2) is 9.42. The molecule has 0 radical (unpaired) electrons. The Labute approximate surface area is 100.0 Å². The van der Waals surface area contributed by atoms with Crippen LogP contribution >= 0.6 is 0 Å². The molecule has 0 aliphatic carbocycles.